The lowest BCUT2D eigenvalue weighted by molar-refractivity contribution is 0.0953. The van der Waals surface area contributed by atoms with Crippen molar-refractivity contribution in [3.63, 3.8) is 0 Å². The molecule has 1 amide bonds. The highest BCUT2D eigenvalue weighted by molar-refractivity contribution is 5.94. The zero-order valence-electron chi connectivity index (χ0n) is 15.6. The molecule has 0 aliphatic heterocycles. The van der Waals surface area contributed by atoms with E-state index in [0.29, 0.717) is 24.5 Å². The summed E-state index contributed by atoms with van der Waals surface area (Å²) in [5, 5.41) is 6.28. The van der Waals surface area contributed by atoms with Crippen molar-refractivity contribution >= 4 is 11.7 Å². The van der Waals surface area contributed by atoms with Crippen molar-refractivity contribution < 1.29 is 4.79 Å². The Morgan fingerprint density at radius 3 is 2.59 bits per heavy atom. The molecule has 4 heteroatoms. The Morgan fingerprint density at radius 2 is 1.78 bits per heavy atom. The molecule has 0 unspecified atom stereocenters. The predicted molar refractivity (Wildman–Crippen MR) is 110 cm³/mol. The second kappa shape index (κ2) is 9.53. The third-order valence-electron chi connectivity index (χ3n) is 4.51. The molecule has 4 nitrogen and oxygen atoms in total. The zero-order valence-corrected chi connectivity index (χ0v) is 15.6. The maximum Gasteiger partial charge on any atom is 0.251 e. The van der Waals surface area contributed by atoms with Crippen molar-refractivity contribution in [3.05, 3.63) is 95.2 Å². The minimum absolute atomic E-state index is 0.0654. The van der Waals surface area contributed by atoms with E-state index in [9.17, 15) is 4.79 Å². The maximum atomic E-state index is 12.4. The van der Waals surface area contributed by atoms with Gasteiger partial charge in [-0.15, -0.1) is 0 Å². The van der Waals surface area contributed by atoms with E-state index in [1.807, 2.05) is 30.3 Å². The fourth-order valence-electron chi connectivity index (χ4n) is 2.90. The summed E-state index contributed by atoms with van der Waals surface area (Å²) in [6, 6.07) is 22.1. The first-order valence-electron chi connectivity index (χ1n) is 9.29. The molecule has 0 spiro atoms. The molecule has 0 aliphatic carbocycles. The molecule has 27 heavy (non-hydrogen) atoms. The summed E-state index contributed by atoms with van der Waals surface area (Å²) >= 11 is 0. The number of rotatable bonds is 8. The lowest BCUT2D eigenvalue weighted by Crippen LogP contribution is -2.25. The van der Waals surface area contributed by atoms with Gasteiger partial charge in [-0.25, -0.2) is 4.98 Å². The van der Waals surface area contributed by atoms with Gasteiger partial charge in [0.1, 0.15) is 5.82 Å². The average Bonchev–Trinajstić information content (AvgIpc) is 2.71. The molecule has 1 heterocycles. The summed E-state index contributed by atoms with van der Waals surface area (Å²) in [4.78, 5) is 16.7. The third kappa shape index (κ3) is 5.68. The fourth-order valence-corrected chi connectivity index (χ4v) is 2.90. The van der Waals surface area contributed by atoms with E-state index >= 15 is 0 Å². The molecule has 0 radical (unpaired) electrons. The topological polar surface area (TPSA) is 54.0 Å². The standard InChI is InChI=1S/C23H25N3O/c1-18-8-5-6-12-21(18)17-26-22-16-20(13-15-24-22)23(27)25-14-7-11-19-9-3-2-4-10-19/h2-6,8-10,12-13,15-16H,7,11,14,17H2,1H3,(H,24,26)(H,25,27). The van der Waals surface area contributed by atoms with Gasteiger partial charge in [-0.3, -0.25) is 4.79 Å². The Balaban J connectivity index is 1.49. The van der Waals surface area contributed by atoms with E-state index in [-0.39, 0.29) is 5.91 Å². The van der Waals surface area contributed by atoms with Crippen LogP contribution in [0.4, 0.5) is 5.82 Å². The minimum Gasteiger partial charge on any atom is -0.366 e. The Morgan fingerprint density at radius 1 is 1.00 bits per heavy atom. The van der Waals surface area contributed by atoms with Crippen molar-refractivity contribution in [3.8, 4) is 0 Å². The van der Waals surface area contributed by atoms with Gasteiger partial charge in [0.2, 0.25) is 0 Å². The van der Waals surface area contributed by atoms with Crippen LogP contribution in [0.25, 0.3) is 0 Å². The van der Waals surface area contributed by atoms with Crippen LogP contribution in [0.2, 0.25) is 0 Å². The zero-order chi connectivity index (χ0) is 18.9. The number of benzene rings is 2. The van der Waals surface area contributed by atoms with Gasteiger partial charge in [-0.1, -0.05) is 54.6 Å². The Kier molecular flexibility index (Phi) is 6.58. The summed E-state index contributed by atoms with van der Waals surface area (Å²) in [6.07, 6.45) is 3.54. The van der Waals surface area contributed by atoms with Gasteiger partial charge >= 0.3 is 0 Å². The number of nitrogens with zero attached hydrogens (tertiary/aromatic N) is 1. The number of nitrogens with one attached hydrogen (secondary N) is 2. The van der Waals surface area contributed by atoms with Gasteiger partial charge in [0.05, 0.1) is 0 Å². The number of hydrogen-bond donors (Lipinski definition) is 2. The first-order chi connectivity index (χ1) is 13.2. The minimum atomic E-state index is -0.0654. The number of carbonyl (C=O) groups excluding carboxylic acids is 1. The summed E-state index contributed by atoms with van der Waals surface area (Å²) in [7, 11) is 0. The second-order valence-corrected chi connectivity index (χ2v) is 6.55. The molecule has 0 saturated heterocycles. The number of pyridine rings is 1. The molecule has 0 atom stereocenters. The Bertz CT molecular complexity index is 878. The number of anilines is 1. The molecule has 0 saturated carbocycles. The Hall–Kier alpha value is -3.14. The molecule has 3 rings (SSSR count). The van der Waals surface area contributed by atoms with Crippen molar-refractivity contribution in [2.24, 2.45) is 0 Å². The number of aryl methyl sites for hydroxylation is 2. The van der Waals surface area contributed by atoms with E-state index in [1.165, 1.54) is 16.7 Å². The maximum absolute atomic E-state index is 12.4. The largest absolute Gasteiger partial charge is 0.366 e. The smallest absolute Gasteiger partial charge is 0.251 e. The molecule has 3 aromatic rings. The van der Waals surface area contributed by atoms with E-state index in [1.54, 1.807) is 18.3 Å². The monoisotopic (exact) mass is 359 g/mol. The third-order valence-corrected chi connectivity index (χ3v) is 4.51. The van der Waals surface area contributed by atoms with Crippen LogP contribution >= 0.6 is 0 Å². The first-order valence-corrected chi connectivity index (χ1v) is 9.29. The molecule has 2 N–H and O–H groups in total. The average molecular weight is 359 g/mol. The first kappa shape index (κ1) is 18.6. The highest BCUT2D eigenvalue weighted by Gasteiger charge is 2.07. The summed E-state index contributed by atoms with van der Waals surface area (Å²) in [5.41, 5.74) is 4.36. The molecular weight excluding hydrogens is 334 g/mol. The van der Waals surface area contributed by atoms with Gasteiger partial charge in [0, 0.05) is 24.8 Å². The van der Waals surface area contributed by atoms with Crippen molar-refractivity contribution in [2.45, 2.75) is 26.3 Å². The SMILES string of the molecule is Cc1ccccc1CNc1cc(C(=O)NCCCc2ccccc2)ccn1. The lowest BCUT2D eigenvalue weighted by Gasteiger charge is -2.10. The van der Waals surface area contributed by atoms with Gasteiger partial charge in [0.25, 0.3) is 5.91 Å². The second-order valence-electron chi connectivity index (χ2n) is 6.55. The fraction of sp³-hybridized carbons (Fsp3) is 0.217. The molecule has 2 aromatic carbocycles. The Labute approximate surface area is 160 Å². The van der Waals surface area contributed by atoms with Gasteiger partial charge in [-0.2, -0.15) is 0 Å². The lowest BCUT2D eigenvalue weighted by atomic mass is 10.1. The molecule has 0 fully saturated rings. The number of aromatic nitrogens is 1. The molecule has 138 valence electrons. The van der Waals surface area contributed by atoms with Crippen molar-refractivity contribution in [1.29, 1.82) is 0 Å². The van der Waals surface area contributed by atoms with Crippen LogP contribution in [0.5, 0.6) is 0 Å². The summed E-state index contributed by atoms with van der Waals surface area (Å²) < 4.78 is 0. The summed E-state index contributed by atoms with van der Waals surface area (Å²) in [5.74, 6) is 0.639. The van der Waals surface area contributed by atoms with Crippen LogP contribution < -0.4 is 10.6 Å². The van der Waals surface area contributed by atoms with Crippen LogP contribution in [0, 0.1) is 6.92 Å². The number of amides is 1. The quantitative estimate of drug-likeness (QED) is 0.588. The van der Waals surface area contributed by atoms with E-state index in [2.05, 4.69) is 46.8 Å². The predicted octanol–water partition coefficient (Wildman–Crippen LogP) is 4.36. The van der Waals surface area contributed by atoms with Crippen LogP contribution in [-0.4, -0.2) is 17.4 Å². The summed E-state index contributed by atoms with van der Waals surface area (Å²) in [6.45, 7) is 3.42. The molecular formula is C23H25N3O. The highest BCUT2D eigenvalue weighted by Crippen LogP contribution is 2.12. The number of carbonyl (C=O) groups is 1. The van der Waals surface area contributed by atoms with Gasteiger partial charge < -0.3 is 10.6 Å². The van der Waals surface area contributed by atoms with E-state index in [0.717, 1.165) is 12.8 Å². The van der Waals surface area contributed by atoms with Gasteiger partial charge in [-0.05, 0) is 48.6 Å². The van der Waals surface area contributed by atoms with Crippen LogP contribution in [0.15, 0.2) is 72.9 Å². The van der Waals surface area contributed by atoms with Crippen LogP contribution in [0.3, 0.4) is 0 Å². The van der Waals surface area contributed by atoms with E-state index < -0.39 is 0 Å². The molecule has 0 aliphatic rings. The van der Waals surface area contributed by atoms with Crippen molar-refractivity contribution in [1.82, 2.24) is 10.3 Å². The highest BCUT2D eigenvalue weighted by atomic mass is 16.1. The van der Waals surface area contributed by atoms with E-state index in [4.69, 9.17) is 0 Å². The van der Waals surface area contributed by atoms with Crippen LogP contribution in [-0.2, 0) is 13.0 Å². The van der Waals surface area contributed by atoms with Gasteiger partial charge in [0.15, 0.2) is 0 Å². The molecule has 0 bridgehead atoms. The normalized spacial score (nSPS) is 10.4. The molecule has 1 aromatic heterocycles. The van der Waals surface area contributed by atoms with Crippen LogP contribution in [0.1, 0.15) is 33.5 Å². The number of hydrogen-bond acceptors (Lipinski definition) is 3. The van der Waals surface area contributed by atoms with Crippen molar-refractivity contribution in [2.75, 3.05) is 11.9 Å².